The number of carbonyl (C=O) groups excluding carboxylic acids is 2. The first-order valence-corrected chi connectivity index (χ1v) is 17.7. The molecule has 0 aromatic rings. The Balaban J connectivity index is 1.68. The molecule has 330 valence electrons. The van der Waals surface area contributed by atoms with Crippen LogP contribution in [0.15, 0.2) is 0 Å². The fourth-order valence-corrected chi connectivity index (χ4v) is 6.86. The van der Waals surface area contributed by atoms with Crippen LogP contribution in [0.25, 0.3) is 0 Å². The minimum absolute atomic E-state index is 0.797. The molecule has 0 aromatic carbocycles. The molecule has 4 aliphatic heterocycles. The topological polar surface area (TPSA) is 423 Å². The molecule has 57 heavy (non-hydrogen) atoms. The van der Waals surface area contributed by atoms with E-state index in [9.17, 15) is 85.9 Å². The zero-order chi connectivity index (χ0) is 42.7. The van der Waals surface area contributed by atoms with Crippen LogP contribution in [0.5, 0.6) is 0 Å². The summed E-state index contributed by atoms with van der Waals surface area (Å²) in [6, 6.07) is -3.41. The first-order valence-electron chi connectivity index (χ1n) is 17.7. The molecule has 0 radical (unpaired) electrons. The Bertz CT molecular complexity index is 1350. The van der Waals surface area contributed by atoms with Crippen molar-refractivity contribution in [2.45, 2.75) is 149 Å². The summed E-state index contributed by atoms with van der Waals surface area (Å²) in [5, 5.41) is 150. The lowest BCUT2D eigenvalue weighted by Gasteiger charge is -2.49. The van der Waals surface area contributed by atoms with Crippen LogP contribution in [0.4, 0.5) is 0 Å². The van der Waals surface area contributed by atoms with Gasteiger partial charge in [0.25, 0.3) is 5.79 Å². The van der Waals surface area contributed by atoms with Gasteiger partial charge in [-0.1, -0.05) is 0 Å². The molecule has 26 heteroatoms. The molecular weight excluding hydrogens is 784 g/mol. The minimum atomic E-state index is -3.01. The number of rotatable bonds is 15. The second kappa shape index (κ2) is 19.8. The first-order chi connectivity index (χ1) is 26.7. The van der Waals surface area contributed by atoms with Crippen LogP contribution in [0.1, 0.15) is 20.3 Å². The molecule has 4 saturated heterocycles. The molecule has 16 N–H and O–H groups in total. The van der Waals surface area contributed by atoms with E-state index in [0.717, 1.165) is 6.92 Å². The molecule has 0 aliphatic carbocycles. The summed E-state index contributed by atoms with van der Waals surface area (Å²) in [4.78, 5) is 36.8. The molecule has 0 saturated carbocycles. The number of ether oxygens (including phenoxy) is 7. The monoisotopic (exact) mass is 836 g/mol. The Morgan fingerprint density at radius 1 is 0.772 bits per heavy atom. The minimum Gasteiger partial charge on any atom is -0.477 e. The number of aliphatic hydroxyl groups is 13. The summed E-state index contributed by atoms with van der Waals surface area (Å²) in [5.41, 5.74) is 0. The molecule has 26 nitrogen and oxygen atoms in total. The summed E-state index contributed by atoms with van der Waals surface area (Å²) in [7, 11) is 0. The lowest BCUT2D eigenvalue weighted by atomic mass is 9.88. The van der Waals surface area contributed by atoms with Gasteiger partial charge in [0, 0.05) is 13.3 Å². The summed E-state index contributed by atoms with van der Waals surface area (Å²) in [5.74, 6) is -6.90. The quantitative estimate of drug-likeness (QED) is 0.0728. The molecule has 1 unspecified atom stereocenters. The van der Waals surface area contributed by atoms with Crippen LogP contribution in [0.3, 0.4) is 0 Å². The highest BCUT2D eigenvalue weighted by Crippen LogP contribution is 2.36. The Labute approximate surface area is 322 Å². The van der Waals surface area contributed by atoms with Crippen molar-refractivity contribution in [1.29, 1.82) is 0 Å². The molecule has 21 atom stereocenters. The van der Waals surface area contributed by atoms with E-state index in [2.05, 4.69) is 10.6 Å². The van der Waals surface area contributed by atoms with Gasteiger partial charge < -0.3 is 115 Å². The third-order valence-electron chi connectivity index (χ3n) is 10.0. The normalized spacial score (nSPS) is 45.1. The van der Waals surface area contributed by atoms with Crippen molar-refractivity contribution >= 4 is 17.8 Å². The Kier molecular flexibility index (Phi) is 16.4. The van der Waals surface area contributed by atoms with Crippen LogP contribution in [-0.4, -0.2) is 244 Å². The number of carboxylic acid groups (broad SMARTS) is 1. The van der Waals surface area contributed by atoms with E-state index in [1.165, 1.54) is 6.92 Å². The SMILES string of the molecule is CC(=O)N[C@H]1C(O)O[C@H](CO[C@]2(C(=O)O)C[C@H](O)[C@@H](NC(=O)CO)[C@H]([C@H](O)[C@H](O)CO)O2)[C@H](O[C@@H]2O[C@H](CO)[C@H](O)[C@H](O)[C@H]2O[C@@H]2O[C@@H](C)[C@@H](O)[C@@H](O)[C@@H]2O)[C@@H]1O. The summed E-state index contributed by atoms with van der Waals surface area (Å²) in [6.45, 7) is -1.95. The molecule has 4 heterocycles. The van der Waals surface area contributed by atoms with Crippen molar-refractivity contribution in [2.75, 3.05) is 26.4 Å². The van der Waals surface area contributed by atoms with Crippen molar-refractivity contribution in [1.82, 2.24) is 10.6 Å². The molecule has 4 aliphatic rings. The van der Waals surface area contributed by atoms with E-state index >= 15 is 0 Å². The van der Waals surface area contributed by atoms with Crippen molar-refractivity contribution in [3.63, 3.8) is 0 Å². The molecule has 4 fully saturated rings. The van der Waals surface area contributed by atoms with Gasteiger partial charge in [0.15, 0.2) is 18.9 Å². The first kappa shape index (κ1) is 47.3. The number of hydrogen-bond donors (Lipinski definition) is 16. The third-order valence-corrected chi connectivity index (χ3v) is 10.0. The zero-order valence-electron chi connectivity index (χ0n) is 30.4. The van der Waals surface area contributed by atoms with E-state index in [-0.39, 0.29) is 0 Å². The van der Waals surface area contributed by atoms with Crippen LogP contribution < -0.4 is 10.6 Å². The van der Waals surface area contributed by atoms with Crippen LogP contribution >= 0.6 is 0 Å². The molecule has 0 spiro atoms. The molecule has 2 amide bonds. The number of nitrogens with one attached hydrogen (secondary N) is 2. The lowest BCUT2D eigenvalue weighted by Crippen LogP contribution is -2.70. The van der Waals surface area contributed by atoms with Gasteiger partial charge >= 0.3 is 5.97 Å². The average Bonchev–Trinajstić information content (AvgIpc) is 3.17. The Hall–Kier alpha value is -2.39. The number of carboxylic acids is 1. The van der Waals surface area contributed by atoms with Crippen molar-refractivity contribution in [3.8, 4) is 0 Å². The van der Waals surface area contributed by atoms with Crippen LogP contribution in [-0.2, 0) is 47.5 Å². The molecule has 4 rings (SSSR count). The van der Waals surface area contributed by atoms with Gasteiger partial charge in [0.1, 0.15) is 92.0 Å². The fraction of sp³-hybridized carbons (Fsp3) is 0.903. The van der Waals surface area contributed by atoms with Gasteiger partial charge in [-0.05, 0) is 6.92 Å². The Morgan fingerprint density at radius 3 is 2.00 bits per heavy atom. The maximum Gasteiger partial charge on any atom is 0.364 e. The maximum atomic E-state index is 12.8. The summed E-state index contributed by atoms with van der Waals surface area (Å²) in [6.07, 6.45) is -35.1. The molecule has 0 aromatic heterocycles. The van der Waals surface area contributed by atoms with Gasteiger partial charge in [-0.3, -0.25) is 9.59 Å². The maximum absolute atomic E-state index is 12.8. The number of aliphatic hydroxyl groups excluding tert-OH is 13. The van der Waals surface area contributed by atoms with Gasteiger partial charge in [-0.15, -0.1) is 0 Å². The predicted molar refractivity (Wildman–Crippen MR) is 174 cm³/mol. The molecular formula is C31H52N2O24. The highest BCUT2D eigenvalue weighted by molar-refractivity contribution is 5.78. The number of carbonyl (C=O) groups is 3. The largest absolute Gasteiger partial charge is 0.477 e. The van der Waals surface area contributed by atoms with E-state index in [1.54, 1.807) is 0 Å². The van der Waals surface area contributed by atoms with Gasteiger partial charge in [-0.25, -0.2) is 4.79 Å². The number of hydrogen-bond acceptors (Lipinski definition) is 23. The van der Waals surface area contributed by atoms with Gasteiger partial charge in [-0.2, -0.15) is 0 Å². The second-order valence-corrected chi connectivity index (χ2v) is 14.1. The van der Waals surface area contributed by atoms with Crippen molar-refractivity contribution in [3.05, 3.63) is 0 Å². The van der Waals surface area contributed by atoms with Crippen molar-refractivity contribution < 1.29 is 119 Å². The van der Waals surface area contributed by atoms with E-state index < -0.39 is 179 Å². The van der Waals surface area contributed by atoms with E-state index in [1.807, 2.05) is 0 Å². The van der Waals surface area contributed by atoms with E-state index in [4.69, 9.17) is 33.2 Å². The fourth-order valence-electron chi connectivity index (χ4n) is 6.86. The smallest absolute Gasteiger partial charge is 0.364 e. The number of amides is 2. The summed E-state index contributed by atoms with van der Waals surface area (Å²) >= 11 is 0. The predicted octanol–water partition coefficient (Wildman–Crippen LogP) is -10.3. The van der Waals surface area contributed by atoms with Gasteiger partial charge in [0.05, 0.1) is 38.1 Å². The standard InChI is InChI=1S/C31H52N2O24/c1-8-17(41)21(45)23(47)28(52-8)56-26-22(46)19(43)12(5-35)54-29(26)55-24-13(53-27(48)16(20(24)44)32-9(2)37)7-51-31(30(49)50)3-10(38)15(33-14(40)6-36)25(57-31)18(42)11(39)4-34/h8,10-13,15-29,34-36,38-39,41-48H,3-7H2,1-2H3,(H,32,37)(H,33,40)(H,49,50)/t8-,10-,11+,12+,13+,15+,16+,17+,18+,19-,20+,21+,22-,23-,24-,25+,26+,27?,28-,29-,31+/m0/s1. The van der Waals surface area contributed by atoms with E-state index in [0.29, 0.717) is 0 Å². The van der Waals surface area contributed by atoms with Crippen LogP contribution in [0.2, 0.25) is 0 Å². The zero-order valence-corrected chi connectivity index (χ0v) is 30.4. The highest BCUT2D eigenvalue weighted by atomic mass is 16.8. The average molecular weight is 837 g/mol. The second-order valence-electron chi connectivity index (χ2n) is 14.1. The highest BCUT2D eigenvalue weighted by Gasteiger charge is 2.58. The Morgan fingerprint density at radius 2 is 1.42 bits per heavy atom. The third kappa shape index (κ3) is 10.3. The lowest BCUT2D eigenvalue weighted by molar-refractivity contribution is -0.384. The number of aliphatic carboxylic acids is 1. The van der Waals surface area contributed by atoms with Crippen LogP contribution in [0, 0.1) is 0 Å². The van der Waals surface area contributed by atoms with Crippen molar-refractivity contribution in [2.24, 2.45) is 0 Å². The van der Waals surface area contributed by atoms with Gasteiger partial charge in [0.2, 0.25) is 11.8 Å². The molecule has 0 bridgehead atoms. The summed E-state index contributed by atoms with van der Waals surface area (Å²) < 4.78 is 39.4.